The predicted octanol–water partition coefficient (Wildman–Crippen LogP) is 6.50. The second-order valence-corrected chi connectivity index (χ2v) is 14.3. The zero-order valence-corrected chi connectivity index (χ0v) is 28.2. The van der Waals surface area contributed by atoms with Crippen LogP contribution < -0.4 is 9.80 Å². The third kappa shape index (κ3) is 7.64. The lowest BCUT2D eigenvalue weighted by Crippen LogP contribution is -2.40. The maximum Gasteiger partial charge on any atom is 0.272 e. The molecule has 0 spiro atoms. The molecule has 8 nitrogen and oxygen atoms in total. The monoisotopic (exact) mass is 647 g/mol. The van der Waals surface area contributed by atoms with Crippen molar-refractivity contribution in [1.29, 1.82) is 0 Å². The molecule has 8 heteroatoms. The molecule has 0 radical (unpaired) electrons. The Morgan fingerprint density at radius 3 is 1.75 bits per heavy atom. The van der Waals surface area contributed by atoms with Crippen molar-refractivity contribution in [2.45, 2.75) is 64.3 Å². The van der Waals surface area contributed by atoms with Crippen molar-refractivity contribution in [3.05, 3.63) is 89.2 Å². The maximum absolute atomic E-state index is 13.2. The minimum atomic E-state index is -0.132. The molecule has 1 amide bonds. The highest BCUT2D eigenvalue weighted by Gasteiger charge is 2.29. The van der Waals surface area contributed by atoms with E-state index in [0.717, 1.165) is 51.1 Å². The second kappa shape index (κ2) is 15.0. The van der Waals surface area contributed by atoms with Crippen LogP contribution in [0.5, 0.6) is 0 Å². The number of amides is 1. The summed E-state index contributed by atoms with van der Waals surface area (Å²) < 4.78 is 0. The number of hydrogen-bond donors (Lipinski definition) is 0. The van der Waals surface area contributed by atoms with Gasteiger partial charge in [0.25, 0.3) is 5.91 Å². The molecular formula is C40H49N5O3. The fraction of sp³-hybridized carbons (Fsp3) is 0.500. The van der Waals surface area contributed by atoms with E-state index in [-0.39, 0.29) is 23.4 Å². The fourth-order valence-corrected chi connectivity index (χ4v) is 8.01. The summed E-state index contributed by atoms with van der Waals surface area (Å²) >= 11 is 0. The SMILES string of the molecule is O=C(CC1CCN(Cc2ccc(N3CCCC3)cc2)CC1)c1ccc(C(=O)N2CCC(C(=O)c3ccc(N4CCCC4)cc3)CC2)nc1. The summed E-state index contributed by atoms with van der Waals surface area (Å²) in [5, 5.41) is 0. The topological polar surface area (TPSA) is 77.1 Å². The van der Waals surface area contributed by atoms with E-state index in [1.54, 1.807) is 23.2 Å². The number of carbonyl (C=O) groups excluding carboxylic acids is 3. The standard InChI is InChI=1S/C40H49N5O3/c46-38(27-30-15-23-42(24-16-30)29-31-5-10-35(11-6-31)43-19-1-2-20-43)34-9-14-37(41-28-34)40(48)45-25-17-33(18-26-45)39(47)32-7-12-36(13-8-32)44-21-3-4-22-44/h5-14,28,30,33H,1-4,15-27,29H2. The van der Waals surface area contributed by atoms with Gasteiger partial charge in [0.1, 0.15) is 5.69 Å². The molecule has 4 saturated heterocycles. The van der Waals surface area contributed by atoms with E-state index >= 15 is 0 Å². The zero-order chi connectivity index (χ0) is 32.9. The average Bonchev–Trinajstić information content (AvgIpc) is 3.89. The molecule has 4 aliphatic heterocycles. The normalized spacial score (nSPS) is 19.6. The first-order valence-corrected chi connectivity index (χ1v) is 18.2. The van der Waals surface area contributed by atoms with Crippen LogP contribution in [0.3, 0.4) is 0 Å². The fourth-order valence-electron chi connectivity index (χ4n) is 8.01. The second-order valence-electron chi connectivity index (χ2n) is 14.3. The smallest absolute Gasteiger partial charge is 0.272 e. The van der Waals surface area contributed by atoms with Crippen molar-refractivity contribution >= 4 is 28.8 Å². The molecule has 2 aromatic carbocycles. The Hall–Kier alpha value is -4.04. The van der Waals surface area contributed by atoms with E-state index in [9.17, 15) is 14.4 Å². The van der Waals surface area contributed by atoms with Crippen molar-refractivity contribution in [2.75, 3.05) is 62.2 Å². The van der Waals surface area contributed by atoms with E-state index < -0.39 is 0 Å². The number of Topliss-reactive ketones (excluding diaryl/α,β-unsaturated/α-hetero) is 2. The van der Waals surface area contributed by atoms with Crippen molar-refractivity contribution < 1.29 is 14.4 Å². The van der Waals surface area contributed by atoms with Gasteiger partial charge in [0, 0.05) is 86.9 Å². The number of pyridine rings is 1. The van der Waals surface area contributed by atoms with E-state index in [0.29, 0.717) is 49.5 Å². The molecule has 3 aromatic rings. The van der Waals surface area contributed by atoms with Gasteiger partial charge in [0.15, 0.2) is 11.6 Å². The number of rotatable bonds is 10. The Balaban J connectivity index is 0.836. The molecule has 1 aromatic heterocycles. The molecule has 0 bridgehead atoms. The highest BCUT2D eigenvalue weighted by Crippen LogP contribution is 2.27. The molecule has 4 aliphatic rings. The van der Waals surface area contributed by atoms with E-state index in [4.69, 9.17) is 0 Å². The van der Waals surface area contributed by atoms with Crippen LogP contribution in [-0.4, -0.2) is 84.6 Å². The Kier molecular flexibility index (Phi) is 10.2. The van der Waals surface area contributed by atoms with Crippen LogP contribution in [-0.2, 0) is 6.54 Å². The summed E-state index contributed by atoms with van der Waals surface area (Å²) in [6.45, 7) is 8.55. The van der Waals surface area contributed by atoms with Crippen LogP contribution in [0, 0.1) is 11.8 Å². The predicted molar refractivity (Wildman–Crippen MR) is 190 cm³/mol. The van der Waals surface area contributed by atoms with Crippen LogP contribution in [0.4, 0.5) is 11.4 Å². The Bertz CT molecular complexity index is 1540. The van der Waals surface area contributed by atoms with Gasteiger partial charge in [-0.1, -0.05) is 12.1 Å². The van der Waals surface area contributed by atoms with Crippen molar-refractivity contribution in [2.24, 2.45) is 11.8 Å². The van der Waals surface area contributed by atoms with Gasteiger partial charge in [0.2, 0.25) is 0 Å². The molecule has 0 atom stereocenters. The Morgan fingerprint density at radius 1 is 0.625 bits per heavy atom. The van der Waals surface area contributed by atoms with Crippen molar-refractivity contribution in [3.63, 3.8) is 0 Å². The number of benzene rings is 2. The molecule has 0 saturated carbocycles. The largest absolute Gasteiger partial charge is 0.372 e. The number of piperidine rings is 2. The highest BCUT2D eigenvalue weighted by molar-refractivity contribution is 5.99. The molecule has 4 fully saturated rings. The maximum atomic E-state index is 13.2. The lowest BCUT2D eigenvalue weighted by atomic mass is 9.88. The number of ketones is 2. The minimum Gasteiger partial charge on any atom is -0.372 e. The van der Waals surface area contributed by atoms with Crippen LogP contribution in [0.15, 0.2) is 66.9 Å². The van der Waals surface area contributed by atoms with Gasteiger partial charge in [-0.3, -0.25) is 24.3 Å². The number of nitrogens with zero attached hydrogens (tertiary/aromatic N) is 5. The third-order valence-corrected chi connectivity index (χ3v) is 11.1. The summed E-state index contributed by atoms with van der Waals surface area (Å²) in [6, 6.07) is 20.6. The van der Waals surface area contributed by atoms with Crippen LogP contribution in [0.1, 0.15) is 94.6 Å². The van der Waals surface area contributed by atoms with E-state index in [1.807, 2.05) is 12.1 Å². The van der Waals surface area contributed by atoms with Crippen LogP contribution in [0.25, 0.3) is 0 Å². The minimum absolute atomic E-state index is 0.0716. The number of hydrogen-bond acceptors (Lipinski definition) is 7. The Morgan fingerprint density at radius 2 is 1.19 bits per heavy atom. The van der Waals surface area contributed by atoms with E-state index in [1.165, 1.54) is 55.7 Å². The van der Waals surface area contributed by atoms with Crippen molar-refractivity contribution in [3.8, 4) is 0 Å². The van der Waals surface area contributed by atoms with Crippen LogP contribution >= 0.6 is 0 Å². The first kappa shape index (κ1) is 32.5. The molecule has 0 N–H and O–H groups in total. The lowest BCUT2D eigenvalue weighted by molar-refractivity contribution is 0.0645. The number of anilines is 2. The summed E-state index contributed by atoms with van der Waals surface area (Å²) in [5.74, 6) is 0.444. The quantitative estimate of drug-likeness (QED) is 0.233. The molecular weight excluding hydrogens is 598 g/mol. The molecule has 252 valence electrons. The molecule has 48 heavy (non-hydrogen) atoms. The summed E-state index contributed by atoms with van der Waals surface area (Å²) in [7, 11) is 0. The highest BCUT2D eigenvalue weighted by atomic mass is 16.2. The third-order valence-electron chi connectivity index (χ3n) is 11.1. The number of likely N-dealkylation sites (tertiary alicyclic amines) is 2. The van der Waals surface area contributed by atoms with Gasteiger partial charge < -0.3 is 14.7 Å². The van der Waals surface area contributed by atoms with Gasteiger partial charge in [-0.05, 0) is 124 Å². The number of aromatic nitrogens is 1. The first-order chi connectivity index (χ1) is 23.5. The Labute approximate surface area is 285 Å². The van der Waals surface area contributed by atoms with E-state index in [2.05, 4.69) is 56.1 Å². The van der Waals surface area contributed by atoms with Gasteiger partial charge >= 0.3 is 0 Å². The van der Waals surface area contributed by atoms with Crippen molar-refractivity contribution in [1.82, 2.24) is 14.8 Å². The molecule has 0 unspecified atom stereocenters. The lowest BCUT2D eigenvalue weighted by Gasteiger charge is -2.32. The van der Waals surface area contributed by atoms with Gasteiger partial charge in [-0.2, -0.15) is 0 Å². The van der Waals surface area contributed by atoms with Crippen LogP contribution in [0.2, 0.25) is 0 Å². The summed E-state index contributed by atoms with van der Waals surface area (Å²) in [4.78, 5) is 53.1. The number of carbonyl (C=O) groups is 3. The summed E-state index contributed by atoms with van der Waals surface area (Å²) in [5.41, 5.74) is 5.57. The zero-order valence-electron chi connectivity index (χ0n) is 28.2. The molecule has 0 aliphatic carbocycles. The van der Waals surface area contributed by atoms with Gasteiger partial charge in [0.05, 0.1) is 0 Å². The van der Waals surface area contributed by atoms with Gasteiger partial charge in [-0.25, -0.2) is 0 Å². The average molecular weight is 648 g/mol. The molecule has 7 rings (SSSR count). The molecule has 5 heterocycles. The van der Waals surface area contributed by atoms with Gasteiger partial charge in [-0.15, -0.1) is 0 Å². The first-order valence-electron chi connectivity index (χ1n) is 18.2. The summed E-state index contributed by atoms with van der Waals surface area (Å²) in [6.07, 6.45) is 10.5.